The second-order valence-electron chi connectivity index (χ2n) is 6.04. The van der Waals surface area contributed by atoms with Crippen molar-refractivity contribution in [3.63, 3.8) is 0 Å². The average Bonchev–Trinajstić information content (AvgIpc) is 2.49. The Morgan fingerprint density at radius 1 is 1.29 bits per heavy atom. The molecule has 0 aromatic carbocycles. The summed E-state index contributed by atoms with van der Waals surface area (Å²) in [6.45, 7) is 8.59. The van der Waals surface area contributed by atoms with Crippen LogP contribution in [0.1, 0.15) is 32.5 Å². The fourth-order valence-electron chi connectivity index (χ4n) is 2.83. The first-order chi connectivity index (χ1) is 10.1. The maximum atomic E-state index is 4.68. The van der Waals surface area contributed by atoms with Crippen LogP contribution in [0.5, 0.6) is 0 Å². The van der Waals surface area contributed by atoms with Gasteiger partial charge in [0.15, 0.2) is 0 Å². The highest BCUT2D eigenvalue weighted by Gasteiger charge is 2.19. The summed E-state index contributed by atoms with van der Waals surface area (Å²) < 4.78 is 0. The highest BCUT2D eigenvalue weighted by Crippen LogP contribution is 2.21. The molecule has 1 fully saturated rings. The van der Waals surface area contributed by atoms with Crippen LogP contribution in [0.3, 0.4) is 0 Å². The van der Waals surface area contributed by atoms with Crippen molar-refractivity contribution < 1.29 is 0 Å². The topological polar surface area (TPSA) is 44.3 Å². The molecule has 5 heteroatoms. The molecular formula is C16H29N5. The third-order valence-corrected chi connectivity index (χ3v) is 4.19. The number of piperidine rings is 1. The van der Waals surface area contributed by atoms with Crippen LogP contribution >= 0.6 is 0 Å². The average molecular weight is 291 g/mol. The summed E-state index contributed by atoms with van der Waals surface area (Å²) in [5.41, 5.74) is 0. The van der Waals surface area contributed by atoms with Crippen molar-refractivity contribution in [1.82, 2.24) is 14.9 Å². The molecule has 1 aliphatic rings. The van der Waals surface area contributed by atoms with Gasteiger partial charge in [-0.1, -0.05) is 6.92 Å². The summed E-state index contributed by atoms with van der Waals surface area (Å²) in [7, 11) is 4.36. The Kier molecular flexibility index (Phi) is 5.79. The standard InChI is InChI=1S/C16H29N5/c1-5-14-18-15(17-6-2)11-16(19-14)21(4)12-13-7-9-20(3)10-8-13/h11,13H,5-10,12H2,1-4H3,(H,17,18,19). The molecule has 118 valence electrons. The number of hydrogen-bond donors (Lipinski definition) is 1. The largest absolute Gasteiger partial charge is 0.370 e. The summed E-state index contributed by atoms with van der Waals surface area (Å²) >= 11 is 0. The SMILES string of the molecule is CCNc1cc(N(C)CC2CCN(C)CC2)nc(CC)n1. The lowest BCUT2D eigenvalue weighted by molar-refractivity contribution is 0.222. The predicted octanol–water partition coefficient (Wildman–Crippen LogP) is 2.25. The molecule has 0 radical (unpaired) electrons. The van der Waals surface area contributed by atoms with Gasteiger partial charge < -0.3 is 15.1 Å². The number of anilines is 2. The van der Waals surface area contributed by atoms with Crippen molar-refractivity contribution in [3.8, 4) is 0 Å². The molecule has 0 atom stereocenters. The van der Waals surface area contributed by atoms with Crippen LogP contribution in [0.25, 0.3) is 0 Å². The normalized spacial score (nSPS) is 17.0. The van der Waals surface area contributed by atoms with Gasteiger partial charge in [-0.25, -0.2) is 9.97 Å². The molecule has 0 saturated carbocycles. The van der Waals surface area contributed by atoms with Crippen LogP contribution < -0.4 is 10.2 Å². The molecule has 1 saturated heterocycles. The zero-order valence-corrected chi connectivity index (χ0v) is 13.9. The van der Waals surface area contributed by atoms with Gasteiger partial charge >= 0.3 is 0 Å². The lowest BCUT2D eigenvalue weighted by Gasteiger charge is -2.32. The minimum atomic E-state index is 0.772. The molecule has 2 rings (SSSR count). The van der Waals surface area contributed by atoms with E-state index in [0.29, 0.717) is 0 Å². The maximum absolute atomic E-state index is 4.68. The Morgan fingerprint density at radius 3 is 2.62 bits per heavy atom. The van der Waals surface area contributed by atoms with Crippen LogP contribution in [0.4, 0.5) is 11.6 Å². The minimum absolute atomic E-state index is 0.772. The second-order valence-corrected chi connectivity index (χ2v) is 6.04. The molecule has 5 nitrogen and oxygen atoms in total. The van der Waals surface area contributed by atoms with E-state index in [-0.39, 0.29) is 0 Å². The molecule has 1 aromatic heterocycles. The first kappa shape index (κ1) is 16.0. The number of aryl methyl sites for hydroxylation is 1. The molecule has 0 spiro atoms. The van der Waals surface area contributed by atoms with Gasteiger partial charge in [0.05, 0.1) is 0 Å². The van der Waals surface area contributed by atoms with E-state index in [4.69, 9.17) is 0 Å². The van der Waals surface area contributed by atoms with E-state index < -0.39 is 0 Å². The van der Waals surface area contributed by atoms with Gasteiger partial charge in [-0.2, -0.15) is 0 Å². The molecule has 1 aliphatic heterocycles. The Labute approximate surface area is 128 Å². The van der Waals surface area contributed by atoms with E-state index >= 15 is 0 Å². The molecule has 2 heterocycles. The van der Waals surface area contributed by atoms with Crippen molar-refractivity contribution in [2.75, 3.05) is 50.5 Å². The molecule has 0 bridgehead atoms. The number of nitrogens with zero attached hydrogens (tertiary/aromatic N) is 4. The molecule has 0 unspecified atom stereocenters. The zero-order chi connectivity index (χ0) is 15.2. The van der Waals surface area contributed by atoms with Gasteiger partial charge in [0.2, 0.25) is 0 Å². The number of hydrogen-bond acceptors (Lipinski definition) is 5. The van der Waals surface area contributed by atoms with Gasteiger partial charge in [0.25, 0.3) is 0 Å². The highest BCUT2D eigenvalue weighted by atomic mass is 15.2. The van der Waals surface area contributed by atoms with Crippen LogP contribution in [0.15, 0.2) is 6.07 Å². The zero-order valence-electron chi connectivity index (χ0n) is 13.9. The number of likely N-dealkylation sites (tertiary alicyclic amines) is 1. The third kappa shape index (κ3) is 4.56. The van der Waals surface area contributed by atoms with E-state index in [1.54, 1.807) is 0 Å². The number of aromatic nitrogens is 2. The van der Waals surface area contributed by atoms with Gasteiger partial charge in [-0.05, 0) is 45.8 Å². The Balaban J connectivity index is 2.03. The van der Waals surface area contributed by atoms with E-state index in [1.165, 1.54) is 25.9 Å². The van der Waals surface area contributed by atoms with Gasteiger partial charge in [-0.15, -0.1) is 0 Å². The lowest BCUT2D eigenvalue weighted by Crippen LogP contribution is -2.36. The third-order valence-electron chi connectivity index (χ3n) is 4.19. The lowest BCUT2D eigenvalue weighted by atomic mass is 9.97. The van der Waals surface area contributed by atoms with Crippen LogP contribution in [0.2, 0.25) is 0 Å². The summed E-state index contributed by atoms with van der Waals surface area (Å²) in [5, 5.41) is 3.30. The molecule has 21 heavy (non-hydrogen) atoms. The summed E-state index contributed by atoms with van der Waals surface area (Å²) in [4.78, 5) is 13.9. The molecule has 1 N–H and O–H groups in total. The predicted molar refractivity (Wildman–Crippen MR) is 89.1 cm³/mol. The van der Waals surface area contributed by atoms with E-state index in [1.807, 2.05) is 0 Å². The van der Waals surface area contributed by atoms with Gasteiger partial charge in [0.1, 0.15) is 17.5 Å². The van der Waals surface area contributed by atoms with E-state index in [0.717, 1.165) is 42.9 Å². The number of rotatable bonds is 6. The van der Waals surface area contributed by atoms with Crippen molar-refractivity contribution in [1.29, 1.82) is 0 Å². The second kappa shape index (κ2) is 7.59. The van der Waals surface area contributed by atoms with Gasteiger partial charge in [0, 0.05) is 32.6 Å². The quantitative estimate of drug-likeness (QED) is 0.871. The number of nitrogens with one attached hydrogen (secondary N) is 1. The molecule has 0 amide bonds. The molecule has 0 aliphatic carbocycles. The van der Waals surface area contributed by atoms with E-state index in [9.17, 15) is 0 Å². The van der Waals surface area contributed by atoms with Crippen LogP contribution in [0, 0.1) is 5.92 Å². The van der Waals surface area contributed by atoms with Crippen molar-refractivity contribution in [3.05, 3.63) is 11.9 Å². The molecular weight excluding hydrogens is 262 g/mol. The highest BCUT2D eigenvalue weighted by molar-refractivity contribution is 5.49. The van der Waals surface area contributed by atoms with Crippen molar-refractivity contribution in [2.45, 2.75) is 33.1 Å². The smallest absolute Gasteiger partial charge is 0.134 e. The Morgan fingerprint density at radius 2 is 2.00 bits per heavy atom. The van der Waals surface area contributed by atoms with Crippen LogP contribution in [-0.4, -0.2) is 55.1 Å². The first-order valence-corrected chi connectivity index (χ1v) is 8.13. The minimum Gasteiger partial charge on any atom is -0.370 e. The Bertz CT molecular complexity index is 440. The van der Waals surface area contributed by atoms with Gasteiger partial charge in [-0.3, -0.25) is 0 Å². The van der Waals surface area contributed by atoms with E-state index in [2.05, 4.69) is 59.1 Å². The first-order valence-electron chi connectivity index (χ1n) is 8.13. The van der Waals surface area contributed by atoms with Crippen LogP contribution in [-0.2, 0) is 6.42 Å². The fraction of sp³-hybridized carbons (Fsp3) is 0.750. The monoisotopic (exact) mass is 291 g/mol. The van der Waals surface area contributed by atoms with Crippen molar-refractivity contribution in [2.24, 2.45) is 5.92 Å². The van der Waals surface area contributed by atoms with Crippen molar-refractivity contribution >= 4 is 11.6 Å². The maximum Gasteiger partial charge on any atom is 0.134 e. The summed E-state index contributed by atoms with van der Waals surface area (Å²) in [5.74, 6) is 3.67. The fourth-order valence-corrected chi connectivity index (χ4v) is 2.83. The summed E-state index contributed by atoms with van der Waals surface area (Å²) in [6, 6.07) is 2.07. The Hall–Kier alpha value is -1.36. The molecule has 1 aromatic rings. The summed E-state index contributed by atoms with van der Waals surface area (Å²) in [6.07, 6.45) is 3.44.